The van der Waals surface area contributed by atoms with Crippen LogP contribution >= 0.6 is 15.9 Å². The number of halogens is 1. The highest BCUT2D eigenvalue weighted by atomic mass is 79.9. The van der Waals surface area contributed by atoms with E-state index < -0.39 is 17.8 Å². The number of hydrogen-bond donors (Lipinski definition) is 1. The molecule has 7 nitrogen and oxygen atoms in total. The summed E-state index contributed by atoms with van der Waals surface area (Å²) in [7, 11) is 2.96. The predicted molar refractivity (Wildman–Crippen MR) is 117 cm³/mol. The third-order valence-electron chi connectivity index (χ3n) is 7.08. The number of phenolic OH excluding ortho intramolecular Hbond substituents is 1. The van der Waals surface area contributed by atoms with Gasteiger partial charge >= 0.3 is 0 Å². The second-order valence-electron chi connectivity index (χ2n) is 8.56. The molecule has 32 heavy (non-hydrogen) atoms. The van der Waals surface area contributed by atoms with Crippen molar-refractivity contribution in [3.63, 3.8) is 0 Å². The number of phenols is 1. The van der Waals surface area contributed by atoms with Crippen LogP contribution in [0.1, 0.15) is 24.3 Å². The molecule has 4 atom stereocenters. The summed E-state index contributed by atoms with van der Waals surface area (Å²) in [5, 5.41) is 9.95. The standard InChI is InChI=1S/C24H20BrNO6/c1-26-23(30)13-6-5-11-14(20(13)24(26)31)8-15-21(17(28)9-16(25)22(15)29)19(11)12-4-3-10(27)7-18(12)32-2/h3-5,7,9,13-14,19-20,27H,6,8H2,1-2H3. The van der Waals surface area contributed by atoms with E-state index >= 15 is 0 Å². The molecule has 0 spiro atoms. The van der Waals surface area contributed by atoms with E-state index in [1.165, 1.54) is 37.3 Å². The second-order valence-corrected chi connectivity index (χ2v) is 9.41. The highest BCUT2D eigenvalue weighted by Gasteiger charge is 2.55. The third kappa shape index (κ3) is 2.78. The molecule has 0 radical (unpaired) electrons. The molecule has 0 saturated carbocycles. The normalized spacial score (nSPS) is 29.4. The summed E-state index contributed by atoms with van der Waals surface area (Å²) in [6.07, 6.45) is 3.85. The molecule has 5 rings (SSSR count). The third-order valence-corrected chi connectivity index (χ3v) is 7.67. The number of rotatable bonds is 2. The molecule has 1 heterocycles. The molecule has 1 saturated heterocycles. The van der Waals surface area contributed by atoms with Crippen LogP contribution in [0.3, 0.4) is 0 Å². The highest BCUT2D eigenvalue weighted by molar-refractivity contribution is 9.12. The Labute approximate surface area is 192 Å². The number of fused-ring (bicyclic) bond motifs is 3. The van der Waals surface area contributed by atoms with Crippen molar-refractivity contribution in [1.82, 2.24) is 4.90 Å². The van der Waals surface area contributed by atoms with E-state index in [2.05, 4.69) is 15.9 Å². The van der Waals surface area contributed by atoms with Crippen LogP contribution in [-0.4, -0.2) is 47.5 Å². The number of allylic oxidation sites excluding steroid dienone is 6. The van der Waals surface area contributed by atoms with Crippen LogP contribution in [0.4, 0.5) is 0 Å². The molecule has 1 aromatic rings. The number of carbonyl (C=O) groups excluding carboxylic acids is 4. The van der Waals surface area contributed by atoms with Crippen molar-refractivity contribution >= 4 is 39.3 Å². The lowest BCUT2D eigenvalue weighted by Crippen LogP contribution is -2.39. The molecule has 4 aliphatic rings. The Balaban J connectivity index is 1.74. The minimum absolute atomic E-state index is 0.0109. The average molecular weight is 498 g/mol. The van der Waals surface area contributed by atoms with Gasteiger partial charge in [0.05, 0.1) is 23.4 Å². The monoisotopic (exact) mass is 497 g/mol. The fourth-order valence-electron chi connectivity index (χ4n) is 5.66. The van der Waals surface area contributed by atoms with Crippen LogP contribution in [0.15, 0.2) is 51.6 Å². The van der Waals surface area contributed by atoms with E-state index in [9.17, 15) is 24.3 Å². The number of carbonyl (C=O) groups is 4. The summed E-state index contributed by atoms with van der Waals surface area (Å²) in [5.41, 5.74) is 2.21. The van der Waals surface area contributed by atoms with Crippen molar-refractivity contribution in [2.75, 3.05) is 14.2 Å². The van der Waals surface area contributed by atoms with Crippen LogP contribution in [0.5, 0.6) is 11.5 Å². The van der Waals surface area contributed by atoms with Gasteiger partial charge in [0, 0.05) is 41.8 Å². The van der Waals surface area contributed by atoms with Crippen molar-refractivity contribution in [1.29, 1.82) is 0 Å². The average Bonchev–Trinajstić information content (AvgIpc) is 3.00. The lowest BCUT2D eigenvalue weighted by atomic mass is 9.59. The number of ether oxygens (including phenoxy) is 1. The van der Waals surface area contributed by atoms with Crippen molar-refractivity contribution in [2.45, 2.75) is 18.8 Å². The fourth-order valence-corrected chi connectivity index (χ4v) is 6.11. The zero-order valence-corrected chi connectivity index (χ0v) is 19.0. The lowest BCUT2D eigenvalue weighted by Gasteiger charge is -2.42. The molecule has 164 valence electrons. The molecule has 3 aliphatic carbocycles. The Morgan fingerprint density at radius 2 is 1.88 bits per heavy atom. The number of amides is 2. The summed E-state index contributed by atoms with van der Waals surface area (Å²) < 4.78 is 5.69. The first-order valence-corrected chi connectivity index (χ1v) is 11.1. The second kappa shape index (κ2) is 7.27. The minimum Gasteiger partial charge on any atom is -0.508 e. The molecule has 0 aromatic heterocycles. The smallest absolute Gasteiger partial charge is 0.233 e. The first-order valence-electron chi connectivity index (χ1n) is 10.3. The Kier molecular flexibility index (Phi) is 4.74. The number of methoxy groups -OCH3 is 1. The molecule has 1 aliphatic heterocycles. The van der Waals surface area contributed by atoms with Gasteiger partial charge in [-0.2, -0.15) is 0 Å². The number of likely N-dealkylation sites (tertiary alicyclic amines) is 1. The number of nitrogens with zero attached hydrogens (tertiary/aromatic N) is 1. The van der Waals surface area contributed by atoms with Gasteiger partial charge in [-0.15, -0.1) is 0 Å². The molecular formula is C24H20BrNO6. The van der Waals surface area contributed by atoms with E-state index in [0.29, 0.717) is 28.9 Å². The van der Waals surface area contributed by atoms with Gasteiger partial charge in [-0.3, -0.25) is 24.1 Å². The number of hydrogen-bond acceptors (Lipinski definition) is 6. The maximum absolute atomic E-state index is 13.1. The highest BCUT2D eigenvalue weighted by Crippen LogP contribution is 2.56. The first-order chi connectivity index (χ1) is 15.2. The van der Waals surface area contributed by atoms with Gasteiger partial charge in [0.15, 0.2) is 11.6 Å². The van der Waals surface area contributed by atoms with E-state index in [1.807, 2.05) is 6.08 Å². The fraction of sp³-hybridized carbons (Fsp3) is 0.333. The number of ketones is 2. The number of benzene rings is 1. The Hall–Kier alpha value is -3.00. The summed E-state index contributed by atoms with van der Waals surface area (Å²) in [6, 6.07) is 4.65. The van der Waals surface area contributed by atoms with Gasteiger partial charge in [-0.1, -0.05) is 17.7 Å². The van der Waals surface area contributed by atoms with Crippen molar-refractivity contribution in [3.8, 4) is 11.5 Å². The molecule has 0 bridgehead atoms. The Morgan fingerprint density at radius 1 is 1.12 bits per heavy atom. The van der Waals surface area contributed by atoms with Crippen LogP contribution in [0, 0.1) is 17.8 Å². The van der Waals surface area contributed by atoms with Gasteiger partial charge in [0.25, 0.3) is 0 Å². The Morgan fingerprint density at radius 3 is 2.59 bits per heavy atom. The van der Waals surface area contributed by atoms with Gasteiger partial charge in [-0.05, 0) is 40.8 Å². The zero-order chi connectivity index (χ0) is 22.9. The van der Waals surface area contributed by atoms with Crippen molar-refractivity contribution in [2.24, 2.45) is 17.8 Å². The van der Waals surface area contributed by atoms with E-state index in [4.69, 9.17) is 4.74 Å². The van der Waals surface area contributed by atoms with Crippen molar-refractivity contribution < 1.29 is 29.0 Å². The maximum Gasteiger partial charge on any atom is 0.233 e. The maximum atomic E-state index is 13.1. The van der Waals surface area contributed by atoms with Gasteiger partial charge in [-0.25, -0.2) is 0 Å². The van der Waals surface area contributed by atoms with Crippen molar-refractivity contribution in [3.05, 3.63) is 57.1 Å². The van der Waals surface area contributed by atoms with Crippen LogP contribution in [-0.2, 0) is 19.2 Å². The molecule has 2 amide bonds. The molecule has 4 unspecified atom stereocenters. The topological polar surface area (TPSA) is 101 Å². The molecule has 8 heteroatoms. The number of aromatic hydroxyl groups is 1. The minimum atomic E-state index is -0.609. The summed E-state index contributed by atoms with van der Waals surface area (Å²) in [4.78, 5) is 53.1. The summed E-state index contributed by atoms with van der Waals surface area (Å²) in [6.45, 7) is 0. The molecule has 1 fully saturated rings. The van der Waals surface area contributed by atoms with Gasteiger partial charge < -0.3 is 9.84 Å². The predicted octanol–water partition coefficient (Wildman–Crippen LogP) is 2.79. The summed E-state index contributed by atoms with van der Waals surface area (Å²) in [5.74, 6) is -2.65. The number of Topliss-reactive ketones (excluding diaryl/α,β-unsaturated/α-hetero) is 1. The quantitative estimate of drug-likeness (QED) is 0.383. The summed E-state index contributed by atoms with van der Waals surface area (Å²) >= 11 is 3.20. The SMILES string of the molecule is COc1cc(O)ccc1C1C2=CCC3C(=O)N(C)C(=O)C3C2CC2=C1C(=O)C=C(Br)C2=O. The van der Waals surface area contributed by atoms with E-state index in [1.54, 1.807) is 6.07 Å². The van der Waals surface area contributed by atoms with Gasteiger partial charge in [0.1, 0.15) is 11.5 Å². The number of imide groups is 1. The first kappa shape index (κ1) is 20.9. The zero-order valence-electron chi connectivity index (χ0n) is 17.4. The molecule has 1 aromatic carbocycles. The van der Waals surface area contributed by atoms with E-state index in [0.717, 1.165) is 5.57 Å². The Bertz CT molecular complexity index is 1210. The van der Waals surface area contributed by atoms with Crippen LogP contribution in [0.25, 0.3) is 0 Å². The van der Waals surface area contributed by atoms with Crippen LogP contribution < -0.4 is 4.74 Å². The van der Waals surface area contributed by atoms with Crippen LogP contribution in [0.2, 0.25) is 0 Å². The largest absolute Gasteiger partial charge is 0.508 e. The molecule has 1 N–H and O–H groups in total. The van der Waals surface area contributed by atoms with Gasteiger partial charge in [0.2, 0.25) is 11.8 Å². The van der Waals surface area contributed by atoms with E-state index in [-0.39, 0.29) is 46.0 Å². The lowest BCUT2D eigenvalue weighted by molar-refractivity contribution is -0.138. The molecular weight excluding hydrogens is 478 g/mol.